The molecule has 3 heteroatoms. The van der Waals surface area contributed by atoms with Crippen LogP contribution in [0.1, 0.15) is 30.4 Å². The van der Waals surface area contributed by atoms with Crippen LogP contribution in [0.15, 0.2) is 18.2 Å². The molecule has 0 radical (unpaired) electrons. The first-order valence-corrected chi connectivity index (χ1v) is 5.49. The Kier molecular flexibility index (Phi) is 2.84. The first-order valence-electron chi connectivity index (χ1n) is 5.49. The van der Waals surface area contributed by atoms with Crippen molar-refractivity contribution in [2.24, 2.45) is 0 Å². The average Bonchev–Trinajstić information content (AvgIpc) is 2.24. The Hall–Kier alpha value is -1.53. The third-order valence-electron chi connectivity index (χ3n) is 3.11. The van der Waals surface area contributed by atoms with Gasteiger partial charge in [-0.15, -0.1) is 0 Å². The second kappa shape index (κ2) is 4.15. The monoisotopic (exact) mass is 217 g/mol. The molecule has 1 aliphatic rings. The van der Waals surface area contributed by atoms with E-state index in [4.69, 9.17) is 10.00 Å². The molecule has 1 fully saturated rings. The SMILES string of the molecule is Cc1cc(OCC2(O)CCC2)ccc1C#N. The zero-order chi connectivity index (χ0) is 11.6. The minimum Gasteiger partial charge on any atom is -0.491 e. The molecule has 0 unspecified atom stereocenters. The predicted octanol–water partition coefficient (Wildman–Crippen LogP) is 2.16. The van der Waals surface area contributed by atoms with Crippen LogP contribution < -0.4 is 4.74 Å². The molecule has 1 N–H and O–H groups in total. The largest absolute Gasteiger partial charge is 0.491 e. The van der Waals surface area contributed by atoms with E-state index in [1.54, 1.807) is 12.1 Å². The van der Waals surface area contributed by atoms with Gasteiger partial charge in [0.2, 0.25) is 0 Å². The Labute approximate surface area is 95.3 Å². The van der Waals surface area contributed by atoms with Crippen LogP contribution in [0.3, 0.4) is 0 Å². The van der Waals surface area contributed by atoms with Gasteiger partial charge >= 0.3 is 0 Å². The summed E-state index contributed by atoms with van der Waals surface area (Å²) in [7, 11) is 0. The zero-order valence-corrected chi connectivity index (χ0v) is 9.36. The Morgan fingerprint density at radius 1 is 1.50 bits per heavy atom. The number of nitrogens with zero attached hydrogens (tertiary/aromatic N) is 1. The van der Waals surface area contributed by atoms with E-state index in [1.807, 2.05) is 13.0 Å². The molecule has 0 aromatic heterocycles. The van der Waals surface area contributed by atoms with Gasteiger partial charge in [-0.05, 0) is 49.9 Å². The van der Waals surface area contributed by atoms with Gasteiger partial charge < -0.3 is 9.84 Å². The minimum atomic E-state index is -0.623. The highest BCUT2D eigenvalue weighted by molar-refractivity contribution is 5.41. The van der Waals surface area contributed by atoms with E-state index < -0.39 is 5.60 Å². The highest BCUT2D eigenvalue weighted by Crippen LogP contribution is 2.32. The number of ether oxygens (including phenoxy) is 1. The van der Waals surface area contributed by atoms with Crippen molar-refractivity contribution in [3.63, 3.8) is 0 Å². The Morgan fingerprint density at radius 3 is 2.75 bits per heavy atom. The summed E-state index contributed by atoms with van der Waals surface area (Å²) in [6.45, 7) is 2.22. The quantitative estimate of drug-likeness (QED) is 0.844. The molecule has 2 rings (SSSR count). The molecule has 84 valence electrons. The van der Waals surface area contributed by atoms with Crippen LogP contribution in [-0.4, -0.2) is 17.3 Å². The summed E-state index contributed by atoms with van der Waals surface area (Å²) in [6.07, 6.45) is 2.72. The van der Waals surface area contributed by atoms with Crippen LogP contribution in [0, 0.1) is 18.3 Å². The van der Waals surface area contributed by atoms with Gasteiger partial charge in [0.25, 0.3) is 0 Å². The maximum Gasteiger partial charge on any atom is 0.119 e. The Bertz CT molecular complexity index is 430. The van der Waals surface area contributed by atoms with Crippen LogP contribution in [0.25, 0.3) is 0 Å². The van der Waals surface area contributed by atoms with Gasteiger partial charge in [0.05, 0.1) is 17.2 Å². The van der Waals surface area contributed by atoms with Gasteiger partial charge in [-0.1, -0.05) is 0 Å². The van der Waals surface area contributed by atoms with Crippen molar-refractivity contribution in [1.29, 1.82) is 5.26 Å². The Morgan fingerprint density at radius 2 is 2.25 bits per heavy atom. The van der Waals surface area contributed by atoms with E-state index in [-0.39, 0.29) is 0 Å². The molecule has 0 heterocycles. The second-order valence-electron chi connectivity index (χ2n) is 4.46. The molecule has 1 saturated carbocycles. The fourth-order valence-electron chi connectivity index (χ4n) is 1.80. The summed E-state index contributed by atoms with van der Waals surface area (Å²) in [5, 5.41) is 18.6. The van der Waals surface area contributed by atoms with Crippen LogP contribution in [0.4, 0.5) is 0 Å². The van der Waals surface area contributed by atoms with Crippen LogP contribution in [0.2, 0.25) is 0 Å². The second-order valence-corrected chi connectivity index (χ2v) is 4.46. The van der Waals surface area contributed by atoms with Crippen LogP contribution >= 0.6 is 0 Å². The molecule has 0 saturated heterocycles. The first kappa shape index (κ1) is 11.0. The maximum absolute atomic E-state index is 9.86. The standard InChI is InChI=1S/C13H15NO2/c1-10-7-12(4-3-11(10)8-14)16-9-13(15)5-2-6-13/h3-4,7,15H,2,5-6,9H2,1H3. The number of rotatable bonds is 3. The molecular formula is C13H15NO2. The molecule has 16 heavy (non-hydrogen) atoms. The molecular weight excluding hydrogens is 202 g/mol. The normalized spacial score (nSPS) is 17.3. The lowest BCUT2D eigenvalue weighted by Crippen LogP contribution is -2.42. The van der Waals surface area contributed by atoms with Gasteiger partial charge in [-0.25, -0.2) is 0 Å². The highest BCUT2D eigenvalue weighted by atomic mass is 16.5. The molecule has 1 aromatic carbocycles. The van der Waals surface area contributed by atoms with Crippen molar-refractivity contribution in [2.75, 3.05) is 6.61 Å². The summed E-state index contributed by atoms with van der Waals surface area (Å²) in [5.41, 5.74) is 0.942. The predicted molar refractivity (Wildman–Crippen MR) is 60.2 cm³/mol. The summed E-state index contributed by atoms with van der Waals surface area (Å²) in [6, 6.07) is 7.46. The van der Waals surface area contributed by atoms with Gasteiger partial charge in [-0.3, -0.25) is 0 Å². The molecule has 0 bridgehead atoms. The molecule has 0 spiro atoms. The smallest absolute Gasteiger partial charge is 0.119 e. The lowest BCUT2D eigenvalue weighted by atomic mass is 9.81. The van der Waals surface area contributed by atoms with Crippen molar-refractivity contribution >= 4 is 0 Å². The molecule has 0 aliphatic heterocycles. The fourth-order valence-corrected chi connectivity index (χ4v) is 1.80. The van der Waals surface area contributed by atoms with Crippen molar-refractivity contribution < 1.29 is 9.84 Å². The van der Waals surface area contributed by atoms with Crippen molar-refractivity contribution in [1.82, 2.24) is 0 Å². The topological polar surface area (TPSA) is 53.2 Å². The van der Waals surface area contributed by atoms with E-state index in [0.29, 0.717) is 12.2 Å². The van der Waals surface area contributed by atoms with Gasteiger partial charge in [0.15, 0.2) is 0 Å². The minimum absolute atomic E-state index is 0.346. The number of benzene rings is 1. The highest BCUT2D eigenvalue weighted by Gasteiger charge is 2.35. The maximum atomic E-state index is 9.86. The van der Waals surface area contributed by atoms with Crippen LogP contribution in [-0.2, 0) is 0 Å². The van der Waals surface area contributed by atoms with Gasteiger partial charge in [-0.2, -0.15) is 5.26 Å². The summed E-state index contributed by atoms with van der Waals surface area (Å²) in [5.74, 6) is 0.719. The van der Waals surface area contributed by atoms with Gasteiger partial charge in [0.1, 0.15) is 12.4 Å². The number of hydrogen-bond acceptors (Lipinski definition) is 3. The third kappa shape index (κ3) is 2.17. The lowest BCUT2D eigenvalue weighted by molar-refractivity contribution is -0.0663. The first-order chi connectivity index (χ1) is 7.63. The lowest BCUT2D eigenvalue weighted by Gasteiger charge is -2.36. The van der Waals surface area contributed by atoms with E-state index in [0.717, 1.165) is 30.6 Å². The van der Waals surface area contributed by atoms with Crippen molar-refractivity contribution in [2.45, 2.75) is 31.8 Å². The fraction of sp³-hybridized carbons (Fsp3) is 0.462. The van der Waals surface area contributed by atoms with E-state index in [2.05, 4.69) is 6.07 Å². The molecule has 1 aliphatic carbocycles. The van der Waals surface area contributed by atoms with E-state index >= 15 is 0 Å². The summed E-state index contributed by atoms with van der Waals surface area (Å²) >= 11 is 0. The van der Waals surface area contributed by atoms with Gasteiger partial charge in [0, 0.05) is 0 Å². The van der Waals surface area contributed by atoms with Crippen molar-refractivity contribution in [3.8, 4) is 11.8 Å². The average molecular weight is 217 g/mol. The molecule has 0 atom stereocenters. The zero-order valence-electron chi connectivity index (χ0n) is 9.36. The summed E-state index contributed by atoms with van der Waals surface area (Å²) < 4.78 is 5.53. The van der Waals surface area contributed by atoms with Crippen molar-refractivity contribution in [3.05, 3.63) is 29.3 Å². The van der Waals surface area contributed by atoms with Crippen LogP contribution in [0.5, 0.6) is 5.75 Å². The third-order valence-corrected chi connectivity index (χ3v) is 3.11. The number of aryl methyl sites for hydroxylation is 1. The molecule has 1 aromatic rings. The van der Waals surface area contributed by atoms with E-state index in [1.165, 1.54) is 0 Å². The summed E-state index contributed by atoms with van der Waals surface area (Å²) in [4.78, 5) is 0. The molecule has 0 amide bonds. The Balaban J connectivity index is 2.00. The molecule has 3 nitrogen and oxygen atoms in total. The number of nitriles is 1. The number of hydrogen-bond donors (Lipinski definition) is 1. The van der Waals surface area contributed by atoms with E-state index in [9.17, 15) is 5.11 Å². The number of aliphatic hydroxyl groups is 1.